The highest BCUT2D eigenvalue weighted by atomic mass is 35.5. The fourth-order valence-electron chi connectivity index (χ4n) is 1.65. The molecule has 0 unspecified atom stereocenters. The maximum atomic E-state index is 12.0. The largest absolute Gasteiger partial charge is 0.451 e. The molecule has 1 rings (SSSR count). The molecule has 0 bridgehead atoms. The predicted molar refractivity (Wildman–Crippen MR) is 85.6 cm³/mol. The van der Waals surface area contributed by atoms with Crippen molar-refractivity contribution >= 4 is 40.8 Å². The van der Waals surface area contributed by atoms with Crippen molar-refractivity contribution in [3.8, 4) is 0 Å². The lowest BCUT2D eigenvalue weighted by molar-refractivity contribution is -0.384. The lowest BCUT2D eigenvalue weighted by Gasteiger charge is -2.17. The molecule has 0 aliphatic heterocycles. The smallest absolute Gasteiger partial charge is 0.329 e. The van der Waals surface area contributed by atoms with Crippen LogP contribution in [0.4, 0.5) is 11.4 Å². The van der Waals surface area contributed by atoms with Crippen LogP contribution in [0, 0.1) is 10.1 Å². The molecule has 0 aliphatic rings. The van der Waals surface area contributed by atoms with E-state index in [1.165, 1.54) is 32.9 Å². The van der Waals surface area contributed by atoms with E-state index in [-0.39, 0.29) is 16.4 Å². The number of anilines is 1. The Morgan fingerprint density at radius 3 is 2.42 bits per heavy atom. The first-order chi connectivity index (χ1) is 11.1. The number of benzene rings is 1. The van der Waals surface area contributed by atoms with E-state index in [9.17, 15) is 24.5 Å². The maximum absolute atomic E-state index is 12.0. The van der Waals surface area contributed by atoms with Gasteiger partial charge in [-0.15, -0.1) is 0 Å². The summed E-state index contributed by atoms with van der Waals surface area (Å²) in [6, 6.07) is 2.64. The average Bonchev–Trinajstić information content (AvgIpc) is 2.47. The van der Waals surface area contributed by atoms with Crippen molar-refractivity contribution in [2.45, 2.75) is 32.9 Å². The van der Waals surface area contributed by atoms with Crippen LogP contribution in [0.3, 0.4) is 0 Å². The Kier molecular flexibility index (Phi) is 6.66. The molecule has 2 N–H and O–H groups in total. The van der Waals surface area contributed by atoms with Crippen LogP contribution in [-0.2, 0) is 19.1 Å². The highest BCUT2D eigenvalue weighted by molar-refractivity contribution is 6.34. The van der Waals surface area contributed by atoms with Crippen molar-refractivity contribution in [2.75, 3.05) is 5.32 Å². The summed E-state index contributed by atoms with van der Waals surface area (Å²) in [6.07, 6.45) is -1.15. The second-order valence-electron chi connectivity index (χ2n) is 4.91. The molecule has 0 aliphatic carbocycles. The minimum absolute atomic E-state index is 0.0253. The van der Waals surface area contributed by atoms with Crippen LogP contribution < -0.4 is 10.6 Å². The van der Waals surface area contributed by atoms with E-state index >= 15 is 0 Å². The van der Waals surface area contributed by atoms with Crippen molar-refractivity contribution in [3.05, 3.63) is 33.3 Å². The van der Waals surface area contributed by atoms with Gasteiger partial charge in [0.1, 0.15) is 6.04 Å². The maximum Gasteiger partial charge on any atom is 0.329 e. The van der Waals surface area contributed by atoms with Gasteiger partial charge in [-0.25, -0.2) is 4.79 Å². The van der Waals surface area contributed by atoms with E-state index in [1.807, 2.05) is 0 Å². The van der Waals surface area contributed by atoms with E-state index in [0.29, 0.717) is 0 Å². The molecule has 0 heterocycles. The standard InChI is InChI=1S/C14H16ClN3O6/c1-7(16-9(3)19)14(21)24-8(2)13(20)17-12-5-4-10(18(22)23)6-11(12)15/h4-8H,1-3H3,(H,16,19)(H,17,20)/t7-,8+/m0/s1. The Labute approximate surface area is 142 Å². The number of ether oxygens (including phenoxy) is 1. The molecular formula is C14H16ClN3O6. The number of nitro benzene ring substituents is 1. The number of amides is 2. The third-order valence-electron chi connectivity index (χ3n) is 2.86. The fourth-order valence-corrected chi connectivity index (χ4v) is 1.87. The molecule has 0 aromatic heterocycles. The molecule has 1 aromatic rings. The lowest BCUT2D eigenvalue weighted by atomic mass is 10.2. The minimum Gasteiger partial charge on any atom is -0.451 e. The zero-order chi connectivity index (χ0) is 18.4. The monoisotopic (exact) mass is 357 g/mol. The van der Waals surface area contributed by atoms with Crippen LogP contribution in [0.25, 0.3) is 0 Å². The number of carbonyl (C=O) groups excluding carboxylic acids is 3. The summed E-state index contributed by atoms with van der Waals surface area (Å²) < 4.78 is 4.93. The molecule has 0 radical (unpaired) electrons. The van der Waals surface area contributed by atoms with Crippen LogP contribution >= 0.6 is 11.6 Å². The van der Waals surface area contributed by atoms with Crippen molar-refractivity contribution in [1.29, 1.82) is 0 Å². The second-order valence-corrected chi connectivity index (χ2v) is 5.32. The van der Waals surface area contributed by atoms with Crippen molar-refractivity contribution in [3.63, 3.8) is 0 Å². The van der Waals surface area contributed by atoms with Crippen LogP contribution in [-0.4, -0.2) is 34.9 Å². The number of esters is 1. The van der Waals surface area contributed by atoms with Crippen LogP contribution in [0.5, 0.6) is 0 Å². The van der Waals surface area contributed by atoms with Crippen molar-refractivity contribution in [1.82, 2.24) is 5.32 Å². The van der Waals surface area contributed by atoms with Gasteiger partial charge in [-0.1, -0.05) is 11.6 Å². The number of hydrogen-bond donors (Lipinski definition) is 2. The van der Waals surface area contributed by atoms with Crippen molar-refractivity contribution < 1.29 is 24.0 Å². The van der Waals surface area contributed by atoms with Gasteiger partial charge < -0.3 is 15.4 Å². The Balaban J connectivity index is 2.69. The van der Waals surface area contributed by atoms with Gasteiger partial charge in [0.25, 0.3) is 11.6 Å². The first kappa shape index (κ1) is 19.4. The number of non-ortho nitro benzene ring substituents is 1. The van der Waals surface area contributed by atoms with E-state index in [1.54, 1.807) is 0 Å². The second kappa shape index (κ2) is 8.25. The Bertz CT molecular complexity index is 678. The SMILES string of the molecule is CC(=O)N[C@@H](C)C(=O)O[C@H](C)C(=O)Nc1ccc([N+](=O)[O-])cc1Cl. The van der Waals surface area contributed by atoms with Gasteiger partial charge in [0.2, 0.25) is 5.91 Å². The summed E-state index contributed by atoms with van der Waals surface area (Å²) in [5, 5.41) is 15.3. The fraction of sp³-hybridized carbons (Fsp3) is 0.357. The quantitative estimate of drug-likeness (QED) is 0.452. The molecular weight excluding hydrogens is 342 g/mol. The van der Waals surface area contributed by atoms with Gasteiger partial charge in [0, 0.05) is 19.1 Å². The predicted octanol–water partition coefficient (Wildman–Crippen LogP) is 1.64. The Morgan fingerprint density at radius 2 is 1.92 bits per heavy atom. The highest BCUT2D eigenvalue weighted by Gasteiger charge is 2.23. The van der Waals surface area contributed by atoms with E-state index in [0.717, 1.165) is 6.07 Å². The van der Waals surface area contributed by atoms with Crippen molar-refractivity contribution in [2.24, 2.45) is 0 Å². The zero-order valence-corrected chi connectivity index (χ0v) is 13.9. The van der Waals surface area contributed by atoms with Gasteiger partial charge in [0.05, 0.1) is 15.6 Å². The molecule has 10 heteroatoms. The first-order valence-corrected chi connectivity index (χ1v) is 7.22. The third kappa shape index (κ3) is 5.51. The van der Waals surface area contributed by atoms with Crippen LogP contribution in [0.1, 0.15) is 20.8 Å². The Morgan fingerprint density at radius 1 is 1.29 bits per heavy atom. The Hall–Kier alpha value is -2.68. The lowest BCUT2D eigenvalue weighted by Crippen LogP contribution is -2.41. The van der Waals surface area contributed by atoms with Crippen LogP contribution in [0.15, 0.2) is 18.2 Å². The van der Waals surface area contributed by atoms with E-state index < -0.39 is 34.9 Å². The summed E-state index contributed by atoms with van der Waals surface area (Å²) in [6.45, 7) is 4.01. The summed E-state index contributed by atoms with van der Waals surface area (Å²) in [5.41, 5.74) is -0.0771. The van der Waals surface area contributed by atoms with Gasteiger partial charge in [-0.2, -0.15) is 0 Å². The van der Waals surface area contributed by atoms with Gasteiger partial charge >= 0.3 is 5.97 Å². The minimum atomic E-state index is -1.15. The molecule has 0 fully saturated rings. The number of hydrogen-bond acceptors (Lipinski definition) is 6. The summed E-state index contributed by atoms with van der Waals surface area (Å²) >= 11 is 5.86. The molecule has 24 heavy (non-hydrogen) atoms. The molecule has 0 saturated heterocycles. The van der Waals surface area contributed by atoms with E-state index in [2.05, 4.69) is 10.6 Å². The van der Waals surface area contributed by atoms with Gasteiger partial charge in [-0.3, -0.25) is 19.7 Å². The zero-order valence-electron chi connectivity index (χ0n) is 13.2. The third-order valence-corrected chi connectivity index (χ3v) is 3.17. The van der Waals surface area contributed by atoms with Gasteiger partial charge in [-0.05, 0) is 19.9 Å². The summed E-state index contributed by atoms with van der Waals surface area (Å²) in [5.74, 6) is -1.86. The molecule has 130 valence electrons. The topological polar surface area (TPSA) is 128 Å². The number of carbonyl (C=O) groups is 3. The summed E-state index contributed by atoms with van der Waals surface area (Å²) in [7, 11) is 0. The number of nitro groups is 1. The number of rotatable bonds is 6. The molecule has 0 spiro atoms. The summed E-state index contributed by atoms with van der Waals surface area (Å²) in [4.78, 5) is 44.6. The average molecular weight is 358 g/mol. The van der Waals surface area contributed by atoms with Crippen LogP contribution in [0.2, 0.25) is 5.02 Å². The van der Waals surface area contributed by atoms with E-state index in [4.69, 9.17) is 16.3 Å². The molecule has 2 atom stereocenters. The molecule has 1 aromatic carbocycles. The first-order valence-electron chi connectivity index (χ1n) is 6.84. The number of nitrogens with one attached hydrogen (secondary N) is 2. The highest BCUT2D eigenvalue weighted by Crippen LogP contribution is 2.26. The normalized spacial score (nSPS) is 12.7. The molecule has 0 saturated carbocycles. The molecule has 2 amide bonds. The van der Waals surface area contributed by atoms with Gasteiger partial charge in [0.15, 0.2) is 6.10 Å². The molecule has 9 nitrogen and oxygen atoms in total. The number of nitrogens with zero attached hydrogens (tertiary/aromatic N) is 1. The number of halogens is 1.